The lowest BCUT2D eigenvalue weighted by molar-refractivity contribution is -0.118. The average molecular weight is 455 g/mol. The molecule has 0 spiro atoms. The van der Waals surface area contributed by atoms with Gasteiger partial charge in [-0.25, -0.2) is 9.50 Å². The van der Waals surface area contributed by atoms with Gasteiger partial charge in [-0.05, 0) is 12.1 Å². The number of nitrogens with one attached hydrogen (secondary N) is 2. The lowest BCUT2D eigenvalue weighted by Crippen LogP contribution is -2.25. The SMILES string of the molecule is Cn1cc(NC(=O)c2cnn3cccnc23)c(-c2cc3c(cc2OC(F)F)NC(=O)CO3)n1. The summed E-state index contributed by atoms with van der Waals surface area (Å²) < 4.78 is 39.2. The Hall–Kier alpha value is -4.55. The minimum atomic E-state index is -3.13. The fraction of sp³-hybridized carbons (Fsp3) is 0.150. The molecule has 0 atom stereocenters. The number of rotatable bonds is 5. The molecule has 4 heterocycles. The minimum Gasteiger partial charge on any atom is -0.482 e. The Labute approximate surface area is 183 Å². The summed E-state index contributed by atoms with van der Waals surface area (Å²) in [6.07, 6.45) is 6.06. The van der Waals surface area contributed by atoms with Gasteiger partial charge in [0.2, 0.25) is 0 Å². The van der Waals surface area contributed by atoms with E-state index < -0.39 is 18.4 Å². The Bertz CT molecular complexity index is 1400. The molecule has 2 N–H and O–H groups in total. The molecule has 0 bridgehead atoms. The van der Waals surface area contributed by atoms with Crippen LogP contribution in [0.1, 0.15) is 10.4 Å². The molecule has 0 aliphatic carbocycles. The van der Waals surface area contributed by atoms with Crippen molar-refractivity contribution < 1.29 is 27.8 Å². The number of ether oxygens (including phenoxy) is 2. The molecule has 1 aliphatic heterocycles. The van der Waals surface area contributed by atoms with E-state index in [0.29, 0.717) is 5.65 Å². The summed E-state index contributed by atoms with van der Waals surface area (Å²) >= 11 is 0. The van der Waals surface area contributed by atoms with Gasteiger partial charge in [-0.3, -0.25) is 14.3 Å². The molecule has 0 fully saturated rings. The van der Waals surface area contributed by atoms with Gasteiger partial charge in [0.1, 0.15) is 22.8 Å². The molecular weight excluding hydrogens is 440 g/mol. The van der Waals surface area contributed by atoms with E-state index in [-0.39, 0.29) is 46.3 Å². The maximum atomic E-state index is 13.1. The van der Waals surface area contributed by atoms with Crippen LogP contribution in [0.25, 0.3) is 16.9 Å². The zero-order valence-corrected chi connectivity index (χ0v) is 17.0. The van der Waals surface area contributed by atoms with Gasteiger partial charge in [0, 0.05) is 31.7 Å². The highest BCUT2D eigenvalue weighted by Gasteiger charge is 2.25. The maximum Gasteiger partial charge on any atom is 0.387 e. The second kappa shape index (κ2) is 7.85. The first-order valence-corrected chi connectivity index (χ1v) is 9.58. The zero-order valence-electron chi connectivity index (χ0n) is 17.0. The first-order valence-electron chi connectivity index (χ1n) is 9.58. The molecule has 0 unspecified atom stereocenters. The first kappa shape index (κ1) is 20.4. The largest absolute Gasteiger partial charge is 0.482 e. The summed E-state index contributed by atoms with van der Waals surface area (Å²) in [5.41, 5.74) is 1.28. The first-order chi connectivity index (χ1) is 15.9. The van der Waals surface area contributed by atoms with E-state index in [1.807, 2.05) is 0 Å². The fourth-order valence-corrected chi connectivity index (χ4v) is 3.44. The molecule has 5 rings (SSSR count). The van der Waals surface area contributed by atoms with Crippen molar-refractivity contribution in [3.63, 3.8) is 0 Å². The third-order valence-electron chi connectivity index (χ3n) is 4.79. The molecule has 0 saturated carbocycles. The lowest BCUT2D eigenvalue weighted by atomic mass is 10.1. The smallest absolute Gasteiger partial charge is 0.387 e. The summed E-state index contributed by atoms with van der Waals surface area (Å²) in [7, 11) is 1.61. The third kappa shape index (κ3) is 3.79. The summed E-state index contributed by atoms with van der Waals surface area (Å²) in [4.78, 5) is 28.7. The summed E-state index contributed by atoms with van der Waals surface area (Å²) in [5.74, 6) is -0.941. The number of fused-ring (bicyclic) bond motifs is 2. The Morgan fingerprint density at radius 3 is 3.03 bits per heavy atom. The second-order valence-electron chi connectivity index (χ2n) is 7.03. The highest BCUT2D eigenvalue weighted by molar-refractivity contribution is 6.09. The van der Waals surface area contributed by atoms with Gasteiger partial charge in [0.15, 0.2) is 12.3 Å². The van der Waals surface area contributed by atoms with Crippen molar-refractivity contribution >= 4 is 28.8 Å². The highest BCUT2D eigenvalue weighted by atomic mass is 19.3. The van der Waals surface area contributed by atoms with Crippen molar-refractivity contribution in [2.75, 3.05) is 17.2 Å². The van der Waals surface area contributed by atoms with Crippen LogP contribution in [0.4, 0.5) is 20.2 Å². The minimum absolute atomic E-state index is 0.138. The van der Waals surface area contributed by atoms with Gasteiger partial charge in [0.05, 0.1) is 23.1 Å². The van der Waals surface area contributed by atoms with Crippen molar-refractivity contribution in [3.8, 4) is 22.8 Å². The molecule has 168 valence electrons. The quantitative estimate of drug-likeness (QED) is 0.473. The number of benzene rings is 1. The van der Waals surface area contributed by atoms with E-state index >= 15 is 0 Å². The number of nitrogens with zero attached hydrogens (tertiary/aromatic N) is 5. The molecule has 0 saturated heterocycles. The van der Waals surface area contributed by atoms with Crippen molar-refractivity contribution in [2.45, 2.75) is 6.61 Å². The Morgan fingerprint density at radius 2 is 2.21 bits per heavy atom. The lowest BCUT2D eigenvalue weighted by Gasteiger charge is -2.20. The number of carbonyl (C=O) groups excluding carboxylic acids is 2. The van der Waals surface area contributed by atoms with E-state index in [2.05, 4.69) is 30.6 Å². The Kier molecular flexibility index (Phi) is 4.84. The van der Waals surface area contributed by atoms with Crippen LogP contribution in [-0.4, -0.2) is 49.4 Å². The number of carbonyl (C=O) groups is 2. The number of hydrogen-bond acceptors (Lipinski definition) is 7. The molecule has 2 amide bonds. The van der Waals surface area contributed by atoms with Gasteiger partial charge >= 0.3 is 6.61 Å². The number of anilines is 2. The number of amides is 2. The van der Waals surface area contributed by atoms with Gasteiger partial charge in [0.25, 0.3) is 11.8 Å². The van der Waals surface area contributed by atoms with Crippen molar-refractivity contribution in [1.29, 1.82) is 0 Å². The van der Waals surface area contributed by atoms with Crippen LogP contribution >= 0.6 is 0 Å². The molecule has 3 aromatic heterocycles. The number of alkyl halides is 2. The maximum absolute atomic E-state index is 13.1. The zero-order chi connectivity index (χ0) is 23.1. The predicted octanol–water partition coefficient (Wildman–Crippen LogP) is 2.31. The van der Waals surface area contributed by atoms with Gasteiger partial charge in [-0.1, -0.05) is 0 Å². The van der Waals surface area contributed by atoms with Crippen molar-refractivity contribution in [2.24, 2.45) is 7.05 Å². The highest BCUT2D eigenvalue weighted by Crippen LogP contribution is 2.42. The van der Waals surface area contributed by atoms with Gasteiger partial charge in [-0.15, -0.1) is 0 Å². The number of aromatic nitrogens is 5. The normalized spacial score (nSPS) is 12.9. The van der Waals surface area contributed by atoms with Crippen molar-refractivity contribution in [3.05, 3.63) is 48.5 Å². The van der Waals surface area contributed by atoms with Crippen molar-refractivity contribution in [1.82, 2.24) is 24.4 Å². The molecule has 0 radical (unpaired) electrons. The van der Waals surface area contributed by atoms with Crippen LogP contribution in [0.5, 0.6) is 11.5 Å². The molecule has 1 aliphatic rings. The second-order valence-corrected chi connectivity index (χ2v) is 7.03. The van der Waals surface area contributed by atoms with E-state index in [0.717, 1.165) is 0 Å². The number of aryl methyl sites for hydroxylation is 1. The van der Waals surface area contributed by atoms with Crippen LogP contribution < -0.4 is 20.1 Å². The molecule has 13 heteroatoms. The molecule has 11 nitrogen and oxygen atoms in total. The molecule has 4 aromatic rings. The Morgan fingerprint density at radius 1 is 1.36 bits per heavy atom. The summed E-state index contributed by atoms with van der Waals surface area (Å²) in [6.45, 7) is -3.36. The van der Waals surface area contributed by atoms with Crippen LogP contribution in [-0.2, 0) is 11.8 Å². The standard InChI is InChI=1S/C20H15F2N7O4/c1-28-8-13(26-19(31)11-7-24-29-4-2-3-23-18(11)29)17(27-28)10-5-15-12(25-16(30)9-32-15)6-14(10)33-20(21)22/h2-8,20H,9H2,1H3,(H,25,30)(H,26,31). The predicted molar refractivity (Wildman–Crippen MR) is 110 cm³/mol. The summed E-state index contributed by atoms with van der Waals surface area (Å²) in [6, 6.07) is 4.32. The van der Waals surface area contributed by atoms with Gasteiger partial charge in [-0.2, -0.15) is 19.0 Å². The van der Waals surface area contributed by atoms with Crippen LogP contribution in [0.15, 0.2) is 43.0 Å². The summed E-state index contributed by atoms with van der Waals surface area (Å²) in [5, 5.41) is 13.7. The average Bonchev–Trinajstić information content (AvgIpc) is 3.36. The number of halogens is 2. The van der Waals surface area contributed by atoms with E-state index in [9.17, 15) is 18.4 Å². The third-order valence-corrected chi connectivity index (χ3v) is 4.79. The monoisotopic (exact) mass is 455 g/mol. The van der Waals surface area contributed by atoms with E-state index in [1.165, 1.54) is 39.9 Å². The van der Waals surface area contributed by atoms with Crippen LogP contribution in [0.3, 0.4) is 0 Å². The topological polar surface area (TPSA) is 125 Å². The molecule has 1 aromatic carbocycles. The molecular formula is C20H15F2N7O4. The van der Waals surface area contributed by atoms with E-state index in [1.54, 1.807) is 19.3 Å². The van der Waals surface area contributed by atoms with E-state index in [4.69, 9.17) is 4.74 Å². The van der Waals surface area contributed by atoms with Crippen LogP contribution in [0, 0.1) is 0 Å². The molecule has 33 heavy (non-hydrogen) atoms. The number of hydrogen-bond donors (Lipinski definition) is 2. The fourth-order valence-electron chi connectivity index (χ4n) is 3.44. The van der Waals surface area contributed by atoms with Gasteiger partial charge < -0.3 is 20.1 Å². The Balaban J connectivity index is 1.56. The van der Waals surface area contributed by atoms with Crippen LogP contribution in [0.2, 0.25) is 0 Å².